The molecule has 1 aliphatic heterocycles. The predicted octanol–water partition coefficient (Wildman–Crippen LogP) is 9.77. The first-order valence-electron chi connectivity index (χ1n) is 15.0. The smallest absolute Gasteiger partial charge is 0.0604 e. The van der Waals surface area contributed by atoms with Gasteiger partial charge in [0, 0.05) is 6.04 Å². The predicted molar refractivity (Wildman–Crippen MR) is 177 cm³/mol. The molecule has 1 fully saturated rings. The van der Waals surface area contributed by atoms with Gasteiger partial charge in [0.15, 0.2) is 0 Å². The summed E-state index contributed by atoms with van der Waals surface area (Å²) in [5.41, 5.74) is 11.1. The highest BCUT2D eigenvalue weighted by molar-refractivity contribution is 5.69. The fourth-order valence-electron chi connectivity index (χ4n) is 6.83. The molecule has 1 nitrogen and oxygen atoms in total. The normalized spacial score (nSPS) is 15.0. The van der Waals surface area contributed by atoms with Crippen molar-refractivity contribution in [3.05, 3.63) is 180 Å². The summed E-state index contributed by atoms with van der Waals surface area (Å²) in [5.74, 6) is 0. The van der Waals surface area contributed by atoms with Crippen LogP contribution < -0.4 is 5.32 Å². The molecule has 1 heterocycles. The molecule has 0 aliphatic carbocycles. The van der Waals surface area contributed by atoms with Gasteiger partial charge in [0.2, 0.25) is 0 Å². The summed E-state index contributed by atoms with van der Waals surface area (Å²) in [7, 11) is 0. The molecule has 6 aromatic carbocycles. The summed E-state index contributed by atoms with van der Waals surface area (Å²) in [4.78, 5) is 0. The van der Waals surface area contributed by atoms with Crippen molar-refractivity contribution in [2.45, 2.75) is 24.3 Å². The number of hydrogen-bond donors (Lipinski definition) is 1. The van der Waals surface area contributed by atoms with Crippen LogP contribution in [0.5, 0.6) is 0 Å². The van der Waals surface area contributed by atoms with Crippen LogP contribution in [0.3, 0.4) is 0 Å². The van der Waals surface area contributed by atoms with E-state index in [0.717, 1.165) is 13.0 Å². The second-order valence-electron chi connectivity index (χ2n) is 11.3. The summed E-state index contributed by atoms with van der Waals surface area (Å²) in [6, 6.07) is 60.2. The summed E-state index contributed by atoms with van der Waals surface area (Å²) in [5, 5.41) is 3.93. The Morgan fingerprint density at radius 3 is 0.976 bits per heavy atom. The first kappa shape index (κ1) is 26.2. The lowest BCUT2D eigenvalue weighted by molar-refractivity contribution is 0.435. The van der Waals surface area contributed by atoms with E-state index in [9.17, 15) is 0 Å². The first-order chi connectivity index (χ1) is 20.8. The minimum atomic E-state index is -0.337. The SMILES string of the molecule is c1ccc(-c2ccc(C(c3ccc(-c4ccccc4)cc3)(c3ccc(-c4ccccc4)cc3)C3CCCN3)cc2)cc1. The van der Waals surface area contributed by atoms with Crippen molar-refractivity contribution in [1.29, 1.82) is 0 Å². The third kappa shape index (κ3) is 4.87. The van der Waals surface area contributed by atoms with E-state index in [1.54, 1.807) is 0 Å². The summed E-state index contributed by atoms with van der Waals surface area (Å²) in [6.07, 6.45) is 2.31. The maximum atomic E-state index is 3.93. The van der Waals surface area contributed by atoms with Crippen LogP contribution in [0.15, 0.2) is 164 Å². The fraction of sp³-hybridized carbons (Fsp3) is 0.122. The van der Waals surface area contributed by atoms with Gasteiger partial charge in [-0.15, -0.1) is 0 Å². The van der Waals surface area contributed by atoms with Gasteiger partial charge in [0.25, 0.3) is 0 Å². The van der Waals surface area contributed by atoms with E-state index in [4.69, 9.17) is 0 Å². The van der Waals surface area contributed by atoms with Crippen molar-refractivity contribution in [2.75, 3.05) is 6.54 Å². The van der Waals surface area contributed by atoms with Gasteiger partial charge in [-0.25, -0.2) is 0 Å². The quantitative estimate of drug-likeness (QED) is 0.198. The van der Waals surface area contributed by atoms with Gasteiger partial charge in [-0.3, -0.25) is 0 Å². The molecule has 42 heavy (non-hydrogen) atoms. The van der Waals surface area contributed by atoms with Crippen LogP contribution in [0, 0.1) is 0 Å². The van der Waals surface area contributed by atoms with Crippen LogP contribution in [0.25, 0.3) is 33.4 Å². The van der Waals surface area contributed by atoms with E-state index in [1.807, 2.05) is 0 Å². The van der Waals surface area contributed by atoms with Gasteiger partial charge in [-0.05, 0) is 69.5 Å². The van der Waals surface area contributed by atoms with E-state index >= 15 is 0 Å². The van der Waals surface area contributed by atoms with Gasteiger partial charge >= 0.3 is 0 Å². The second kappa shape index (κ2) is 11.6. The van der Waals surface area contributed by atoms with E-state index in [-0.39, 0.29) is 11.5 Å². The molecular formula is C41H35N. The Morgan fingerprint density at radius 2 is 0.690 bits per heavy atom. The molecule has 1 N–H and O–H groups in total. The Morgan fingerprint density at radius 1 is 0.381 bits per heavy atom. The van der Waals surface area contributed by atoms with Gasteiger partial charge in [-0.2, -0.15) is 0 Å². The zero-order valence-corrected chi connectivity index (χ0v) is 23.8. The highest BCUT2D eigenvalue weighted by Crippen LogP contribution is 2.46. The fourth-order valence-corrected chi connectivity index (χ4v) is 6.83. The monoisotopic (exact) mass is 541 g/mol. The highest BCUT2D eigenvalue weighted by atomic mass is 15.0. The molecule has 1 saturated heterocycles. The lowest BCUT2D eigenvalue weighted by Crippen LogP contribution is -2.47. The van der Waals surface area contributed by atoms with E-state index in [1.165, 1.54) is 56.5 Å². The minimum Gasteiger partial charge on any atom is -0.312 e. The maximum absolute atomic E-state index is 3.93. The standard InChI is InChI=1S/C41H35N/c1-4-11-31(12-5-1)34-18-24-37(25-19-34)41(40-17-10-30-42-40,38-26-20-35(21-27-38)32-13-6-2-7-14-32)39-28-22-36(23-29-39)33-15-8-3-9-16-33/h1-9,11-16,18-29,40,42H,10,17,30H2. The molecular weight excluding hydrogens is 506 g/mol. The topological polar surface area (TPSA) is 12.0 Å². The molecule has 1 heteroatoms. The van der Waals surface area contributed by atoms with Crippen molar-refractivity contribution >= 4 is 0 Å². The highest BCUT2D eigenvalue weighted by Gasteiger charge is 2.44. The number of nitrogens with one attached hydrogen (secondary N) is 1. The molecule has 0 amide bonds. The van der Waals surface area contributed by atoms with Gasteiger partial charge in [0.1, 0.15) is 0 Å². The van der Waals surface area contributed by atoms with Crippen LogP contribution in [0.2, 0.25) is 0 Å². The Bertz CT molecular complexity index is 1520. The minimum absolute atomic E-state index is 0.283. The van der Waals surface area contributed by atoms with Gasteiger partial charge in [0.05, 0.1) is 5.41 Å². The number of rotatable bonds is 7. The van der Waals surface area contributed by atoms with E-state index in [2.05, 4.69) is 169 Å². The average Bonchev–Trinajstić information content (AvgIpc) is 3.63. The van der Waals surface area contributed by atoms with Crippen LogP contribution >= 0.6 is 0 Å². The molecule has 7 rings (SSSR count). The summed E-state index contributed by atoms with van der Waals surface area (Å²) >= 11 is 0. The van der Waals surface area contributed by atoms with Gasteiger partial charge in [-0.1, -0.05) is 164 Å². The largest absolute Gasteiger partial charge is 0.312 e. The molecule has 6 aromatic rings. The van der Waals surface area contributed by atoms with Crippen molar-refractivity contribution in [2.24, 2.45) is 0 Å². The molecule has 1 unspecified atom stereocenters. The zero-order chi connectivity index (χ0) is 28.2. The lowest BCUT2D eigenvalue weighted by atomic mass is 9.64. The first-order valence-corrected chi connectivity index (χ1v) is 15.0. The molecule has 1 atom stereocenters. The Balaban J connectivity index is 1.40. The van der Waals surface area contributed by atoms with E-state index in [0.29, 0.717) is 0 Å². The van der Waals surface area contributed by atoms with Crippen LogP contribution in [-0.4, -0.2) is 12.6 Å². The molecule has 0 aromatic heterocycles. The third-order valence-electron chi connectivity index (χ3n) is 8.93. The maximum Gasteiger partial charge on any atom is 0.0604 e. The molecule has 0 saturated carbocycles. The molecule has 204 valence electrons. The van der Waals surface area contributed by atoms with Crippen LogP contribution in [-0.2, 0) is 5.41 Å². The van der Waals surface area contributed by atoms with Crippen molar-refractivity contribution in [3.8, 4) is 33.4 Å². The molecule has 0 radical (unpaired) electrons. The van der Waals surface area contributed by atoms with Crippen molar-refractivity contribution in [1.82, 2.24) is 5.32 Å². The molecule has 1 aliphatic rings. The molecule has 0 spiro atoms. The number of hydrogen-bond acceptors (Lipinski definition) is 1. The Labute approximate surface area is 249 Å². The second-order valence-corrected chi connectivity index (χ2v) is 11.3. The summed E-state index contributed by atoms with van der Waals surface area (Å²) < 4.78 is 0. The van der Waals surface area contributed by atoms with Crippen molar-refractivity contribution in [3.63, 3.8) is 0 Å². The van der Waals surface area contributed by atoms with E-state index < -0.39 is 0 Å². The lowest BCUT2D eigenvalue weighted by Gasteiger charge is -2.41. The van der Waals surface area contributed by atoms with Crippen LogP contribution in [0.4, 0.5) is 0 Å². The van der Waals surface area contributed by atoms with Crippen LogP contribution in [0.1, 0.15) is 29.5 Å². The van der Waals surface area contributed by atoms with Crippen molar-refractivity contribution < 1.29 is 0 Å². The molecule has 0 bridgehead atoms. The summed E-state index contributed by atoms with van der Waals surface area (Å²) in [6.45, 7) is 1.04. The van der Waals surface area contributed by atoms with Gasteiger partial charge < -0.3 is 5.32 Å². The zero-order valence-electron chi connectivity index (χ0n) is 23.8. The average molecular weight is 542 g/mol. The third-order valence-corrected chi connectivity index (χ3v) is 8.93. The Kier molecular flexibility index (Phi) is 7.26. The number of benzene rings is 6. The Hall–Kier alpha value is -4.72.